The molecule has 0 saturated heterocycles. The van der Waals surface area contributed by atoms with Gasteiger partial charge in [0, 0.05) is 9.50 Å². The summed E-state index contributed by atoms with van der Waals surface area (Å²) in [6, 6.07) is 9.35. The molecule has 98 valence electrons. The summed E-state index contributed by atoms with van der Waals surface area (Å²) in [7, 11) is 0. The lowest BCUT2D eigenvalue weighted by Crippen LogP contribution is -1.97. The van der Waals surface area contributed by atoms with Crippen molar-refractivity contribution in [3.05, 3.63) is 56.5 Å². The van der Waals surface area contributed by atoms with Gasteiger partial charge in [0.05, 0.1) is 10.6 Å². The first-order valence-corrected chi connectivity index (χ1v) is 6.67. The zero-order chi connectivity index (χ0) is 14.0. The van der Waals surface area contributed by atoms with Gasteiger partial charge in [-0.15, -0.1) is 0 Å². The lowest BCUT2D eigenvalue weighted by molar-refractivity contribution is 0.0696. The molecule has 0 radical (unpaired) electrons. The highest BCUT2D eigenvalue weighted by Crippen LogP contribution is 2.33. The van der Waals surface area contributed by atoms with E-state index in [1.54, 1.807) is 24.3 Å². The summed E-state index contributed by atoms with van der Waals surface area (Å²) in [6.45, 7) is 0. The molecule has 2 rings (SSSR count). The lowest BCUT2D eigenvalue weighted by atomic mass is 10.2. The molecule has 1 N–H and O–H groups in total. The van der Waals surface area contributed by atoms with E-state index in [-0.39, 0.29) is 5.56 Å². The first-order valence-electron chi connectivity index (χ1n) is 5.12. The molecular formula is C13H7BrCl2O3. The number of hydrogen-bond acceptors (Lipinski definition) is 2. The Kier molecular flexibility index (Phi) is 4.34. The molecular weight excluding hydrogens is 355 g/mol. The Balaban J connectivity index is 2.35. The van der Waals surface area contributed by atoms with Gasteiger partial charge in [-0.1, -0.05) is 39.1 Å². The maximum atomic E-state index is 10.9. The van der Waals surface area contributed by atoms with Crippen molar-refractivity contribution in [2.75, 3.05) is 0 Å². The van der Waals surface area contributed by atoms with Gasteiger partial charge in [0.2, 0.25) is 0 Å². The molecule has 2 aromatic carbocycles. The van der Waals surface area contributed by atoms with Crippen molar-refractivity contribution in [3.63, 3.8) is 0 Å². The number of carboxylic acids is 1. The fraction of sp³-hybridized carbons (Fsp3) is 0. The molecule has 0 aromatic heterocycles. The average Bonchev–Trinajstić information content (AvgIpc) is 2.32. The van der Waals surface area contributed by atoms with Crippen LogP contribution >= 0.6 is 39.1 Å². The number of ether oxygens (including phenoxy) is 1. The van der Waals surface area contributed by atoms with Gasteiger partial charge in [-0.25, -0.2) is 4.79 Å². The van der Waals surface area contributed by atoms with Crippen molar-refractivity contribution >= 4 is 45.1 Å². The van der Waals surface area contributed by atoms with E-state index in [2.05, 4.69) is 15.9 Å². The smallest absolute Gasteiger partial charge is 0.335 e. The molecule has 0 heterocycles. The third kappa shape index (κ3) is 3.62. The molecule has 6 heteroatoms. The van der Waals surface area contributed by atoms with Gasteiger partial charge < -0.3 is 9.84 Å². The van der Waals surface area contributed by atoms with E-state index < -0.39 is 5.97 Å². The maximum absolute atomic E-state index is 10.9. The van der Waals surface area contributed by atoms with Crippen molar-refractivity contribution in [1.29, 1.82) is 0 Å². The summed E-state index contributed by atoms with van der Waals surface area (Å²) in [4.78, 5) is 10.9. The number of aromatic carboxylic acids is 1. The van der Waals surface area contributed by atoms with Gasteiger partial charge in [0.1, 0.15) is 11.5 Å². The average molecular weight is 362 g/mol. The van der Waals surface area contributed by atoms with Crippen molar-refractivity contribution in [3.8, 4) is 11.5 Å². The highest BCUT2D eigenvalue weighted by atomic mass is 79.9. The van der Waals surface area contributed by atoms with Crippen LogP contribution in [0.15, 0.2) is 40.9 Å². The Hall–Kier alpha value is -1.23. The number of rotatable bonds is 3. The molecule has 3 nitrogen and oxygen atoms in total. The molecule has 0 amide bonds. The minimum absolute atomic E-state index is 0.120. The van der Waals surface area contributed by atoms with Crippen LogP contribution in [0.25, 0.3) is 0 Å². The lowest BCUT2D eigenvalue weighted by Gasteiger charge is -2.09. The largest absolute Gasteiger partial charge is 0.478 e. The second-order valence-electron chi connectivity index (χ2n) is 3.66. The Morgan fingerprint density at radius 1 is 1.16 bits per heavy atom. The number of benzene rings is 2. The molecule has 0 unspecified atom stereocenters. The molecule has 0 aliphatic carbocycles. The number of carbonyl (C=O) groups is 1. The van der Waals surface area contributed by atoms with Crippen LogP contribution in [0.3, 0.4) is 0 Å². The van der Waals surface area contributed by atoms with E-state index in [0.717, 1.165) is 0 Å². The van der Waals surface area contributed by atoms with Crippen LogP contribution in [0.1, 0.15) is 10.4 Å². The molecule has 0 aliphatic heterocycles. The monoisotopic (exact) mass is 360 g/mol. The van der Waals surface area contributed by atoms with Crippen LogP contribution in [0, 0.1) is 0 Å². The van der Waals surface area contributed by atoms with E-state index in [4.69, 9.17) is 33.0 Å². The molecule has 0 atom stereocenters. The predicted octanol–water partition coefficient (Wildman–Crippen LogP) is 5.25. The zero-order valence-electron chi connectivity index (χ0n) is 9.36. The van der Waals surface area contributed by atoms with Crippen molar-refractivity contribution in [2.45, 2.75) is 0 Å². The summed E-state index contributed by atoms with van der Waals surface area (Å²) < 4.78 is 6.16. The van der Waals surface area contributed by atoms with Gasteiger partial charge in [0.15, 0.2) is 0 Å². The van der Waals surface area contributed by atoms with Gasteiger partial charge in [0.25, 0.3) is 0 Å². The Bertz CT molecular complexity index is 644. The second kappa shape index (κ2) is 5.82. The minimum Gasteiger partial charge on any atom is -0.478 e. The van der Waals surface area contributed by atoms with Crippen LogP contribution in [0.5, 0.6) is 11.5 Å². The summed E-state index contributed by atoms with van der Waals surface area (Å²) in [5.41, 5.74) is 0.120. The number of halogens is 3. The van der Waals surface area contributed by atoms with Gasteiger partial charge >= 0.3 is 5.97 Å². The molecule has 0 aliphatic rings. The maximum Gasteiger partial charge on any atom is 0.335 e. The minimum atomic E-state index is -1.03. The van der Waals surface area contributed by atoms with Crippen molar-refractivity contribution < 1.29 is 14.6 Å². The number of carboxylic acid groups (broad SMARTS) is 1. The molecule has 2 aromatic rings. The first kappa shape index (κ1) is 14.2. The fourth-order valence-electron chi connectivity index (χ4n) is 1.43. The van der Waals surface area contributed by atoms with Gasteiger partial charge in [-0.05, 0) is 36.4 Å². The molecule has 0 bridgehead atoms. The molecule has 0 spiro atoms. The van der Waals surface area contributed by atoms with Crippen LogP contribution in [0.2, 0.25) is 10.0 Å². The highest BCUT2D eigenvalue weighted by Gasteiger charge is 2.09. The van der Waals surface area contributed by atoms with E-state index in [1.807, 2.05) is 0 Å². The quantitative estimate of drug-likeness (QED) is 0.812. The van der Waals surface area contributed by atoms with E-state index in [1.165, 1.54) is 12.1 Å². The summed E-state index contributed by atoms with van der Waals surface area (Å²) in [5.74, 6) is -0.259. The zero-order valence-corrected chi connectivity index (χ0v) is 12.5. The van der Waals surface area contributed by atoms with E-state index >= 15 is 0 Å². The predicted molar refractivity (Wildman–Crippen MR) is 77.6 cm³/mol. The summed E-state index contributed by atoms with van der Waals surface area (Å²) in [5, 5.41) is 9.82. The van der Waals surface area contributed by atoms with E-state index in [0.29, 0.717) is 26.0 Å². The van der Waals surface area contributed by atoms with Crippen molar-refractivity contribution in [1.82, 2.24) is 0 Å². The second-order valence-corrected chi connectivity index (χ2v) is 5.42. The van der Waals surface area contributed by atoms with Gasteiger partial charge in [-0.3, -0.25) is 0 Å². The van der Waals surface area contributed by atoms with Gasteiger partial charge in [-0.2, -0.15) is 0 Å². The van der Waals surface area contributed by atoms with Crippen LogP contribution in [0.4, 0.5) is 0 Å². The SMILES string of the molecule is O=C(O)c1cc(Br)cc(Oc2ccc(Cl)cc2Cl)c1. The topological polar surface area (TPSA) is 46.5 Å². The van der Waals surface area contributed by atoms with Crippen molar-refractivity contribution in [2.24, 2.45) is 0 Å². The molecule has 19 heavy (non-hydrogen) atoms. The fourth-order valence-corrected chi connectivity index (χ4v) is 2.35. The third-order valence-electron chi connectivity index (χ3n) is 2.24. The molecule has 0 saturated carbocycles. The Morgan fingerprint density at radius 3 is 2.53 bits per heavy atom. The van der Waals surface area contributed by atoms with Crippen LogP contribution in [-0.4, -0.2) is 11.1 Å². The Labute approximate surface area is 127 Å². The highest BCUT2D eigenvalue weighted by molar-refractivity contribution is 9.10. The van der Waals surface area contributed by atoms with Crippen LogP contribution < -0.4 is 4.74 Å². The van der Waals surface area contributed by atoms with E-state index in [9.17, 15) is 4.79 Å². The molecule has 0 fully saturated rings. The normalized spacial score (nSPS) is 10.3. The standard InChI is InChI=1S/C13H7BrCl2O3/c14-8-3-7(13(17)18)4-10(5-8)19-12-2-1-9(15)6-11(12)16/h1-6H,(H,17,18). The summed E-state index contributed by atoms with van der Waals surface area (Å²) in [6.07, 6.45) is 0. The third-order valence-corrected chi connectivity index (χ3v) is 3.23. The number of hydrogen-bond donors (Lipinski definition) is 1. The van der Waals surface area contributed by atoms with Crippen LogP contribution in [-0.2, 0) is 0 Å². The summed E-state index contributed by atoms with van der Waals surface area (Å²) >= 11 is 15.0. The Morgan fingerprint density at radius 2 is 1.89 bits per heavy atom. The first-order chi connectivity index (χ1) is 8.95.